The maximum atomic E-state index is 14.6. The molecule has 1 aromatic carbocycles. The summed E-state index contributed by atoms with van der Waals surface area (Å²) in [5.74, 6) is -3.12. The molecule has 33 heavy (non-hydrogen) atoms. The molecule has 0 aliphatic carbocycles. The van der Waals surface area contributed by atoms with Crippen LogP contribution in [0, 0.1) is 5.82 Å². The zero-order valence-corrected chi connectivity index (χ0v) is 18.1. The highest BCUT2D eigenvalue weighted by Gasteiger charge is 2.53. The van der Waals surface area contributed by atoms with Crippen LogP contribution in [0.3, 0.4) is 0 Å². The predicted octanol–water partition coefficient (Wildman–Crippen LogP) is 2.68. The Morgan fingerprint density at radius 1 is 1.27 bits per heavy atom. The van der Waals surface area contributed by atoms with E-state index in [4.69, 9.17) is 0 Å². The molecule has 0 saturated carbocycles. The van der Waals surface area contributed by atoms with Crippen LogP contribution in [0.1, 0.15) is 26.2 Å². The number of piperidine rings is 1. The van der Waals surface area contributed by atoms with Crippen molar-refractivity contribution < 1.29 is 18.3 Å². The molecule has 8 nitrogen and oxygen atoms in total. The van der Waals surface area contributed by atoms with Crippen LogP contribution in [0.25, 0.3) is 22.2 Å². The Kier molecular flexibility index (Phi) is 5.04. The van der Waals surface area contributed by atoms with Gasteiger partial charge in [-0.3, -0.25) is 4.79 Å². The molecular formula is C22H23F3N6O2. The van der Waals surface area contributed by atoms with Crippen LogP contribution in [0.5, 0.6) is 5.75 Å². The molecule has 2 N–H and O–H groups in total. The number of phenols is 1. The monoisotopic (exact) mass is 460 g/mol. The fraction of sp³-hybridized carbons (Fsp3) is 0.455. The highest BCUT2D eigenvalue weighted by atomic mass is 19.3. The number of nitrogens with zero attached hydrogens (tertiary/aromatic N) is 5. The molecule has 0 amide bonds. The Hall–Kier alpha value is -3.21. The highest BCUT2D eigenvalue weighted by Crippen LogP contribution is 2.40. The molecule has 11 heteroatoms. The second-order valence-corrected chi connectivity index (χ2v) is 8.74. The standard InChI is InChI=1S/C22H23F3N6O2/c1-3-31-10-16(23)13-6-15(17(32)7-14(13)21(31)33)20-26-9-19(28-29-20)30(2)12-4-11-8-22(24,25)18(5-12)27-11/h6-7,9-12,18,27,32H,3-5,8H2,1-2H3/t11?,12-,18?/m1/s1. The minimum Gasteiger partial charge on any atom is -0.507 e. The van der Waals surface area contributed by atoms with Gasteiger partial charge in [-0.2, -0.15) is 0 Å². The molecule has 174 valence electrons. The first-order chi connectivity index (χ1) is 15.7. The number of aryl methyl sites for hydroxylation is 1. The number of hydrogen-bond donors (Lipinski definition) is 2. The molecule has 2 aliphatic heterocycles. The molecule has 2 bridgehead atoms. The number of benzene rings is 1. The van der Waals surface area contributed by atoms with Crippen LogP contribution in [-0.4, -0.2) is 56.0 Å². The molecule has 2 saturated heterocycles. The second-order valence-electron chi connectivity index (χ2n) is 8.74. The summed E-state index contributed by atoms with van der Waals surface area (Å²) in [5, 5.41) is 21.8. The lowest BCUT2D eigenvalue weighted by Gasteiger charge is -2.35. The number of nitrogens with one attached hydrogen (secondary N) is 1. The zero-order chi connectivity index (χ0) is 23.5. The molecule has 0 spiro atoms. The first-order valence-electron chi connectivity index (χ1n) is 10.8. The summed E-state index contributed by atoms with van der Waals surface area (Å²) in [6.07, 6.45) is 3.25. The fourth-order valence-electron chi connectivity index (χ4n) is 4.88. The van der Waals surface area contributed by atoms with Crippen molar-refractivity contribution in [2.24, 2.45) is 0 Å². The molecular weight excluding hydrogens is 437 g/mol. The van der Waals surface area contributed by atoms with Crippen molar-refractivity contribution in [1.82, 2.24) is 25.1 Å². The third kappa shape index (κ3) is 3.60. The Bertz CT molecular complexity index is 1280. The van der Waals surface area contributed by atoms with Crippen molar-refractivity contribution in [2.45, 2.75) is 56.8 Å². The van der Waals surface area contributed by atoms with Crippen molar-refractivity contribution in [1.29, 1.82) is 0 Å². The summed E-state index contributed by atoms with van der Waals surface area (Å²) >= 11 is 0. The van der Waals surface area contributed by atoms with E-state index in [1.807, 2.05) is 0 Å². The fourth-order valence-corrected chi connectivity index (χ4v) is 4.88. The molecule has 3 aromatic rings. The van der Waals surface area contributed by atoms with Gasteiger partial charge < -0.3 is 19.9 Å². The summed E-state index contributed by atoms with van der Waals surface area (Å²) in [5.41, 5.74) is -0.274. The van der Waals surface area contributed by atoms with Crippen LogP contribution in [0.15, 0.2) is 29.3 Å². The van der Waals surface area contributed by atoms with Gasteiger partial charge in [0, 0.05) is 43.7 Å². The molecule has 4 heterocycles. The minimum absolute atomic E-state index is 0.0494. The third-order valence-corrected chi connectivity index (χ3v) is 6.72. The van der Waals surface area contributed by atoms with E-state index < -0.39 is 23.3 Å². The zero-order valence-electron chi connectivity index (χ0n) is 18.1. The molecule has 2 unspecified atom stereocenters. The van der Waals surface area contributed by atoms with Gasteiger partial charge in [0.15, 0.2) is 11.6 Å². The topological polar surface area (TPSA) is 96.2 Å². The molecule has 3 atom stereocenters. The van der Waals surface area contributed by atoms with Crippen molar-refractivity contribution in [3.63, 3.8) is 0 Å². The van der Waals surface area contributed by atoms with Crippen LogP contribution < -0.4 is 15.8 Å². The number of anilines is 1. The Morgan fingerprint density at radius 2 is 2.06 bits per heavy atom. The van der Waals surface area contributed by atoms with Gasteiger partial charge in [-0.1, -0.05) is 0 Å². The quantitative estimate of drug-likeness (QED) is 0.618. The van der Waals surface area contributed by atoms with E-state index in [1.165, 1.54) is 22.9 Å². The number of rotatable bonds is 4. The van der Waals surface area contributed by atoms with E-state index >= 15 is 0 Å². The lowest BCUT2D eigenvalue weighted by Crippen LogP contribution is -2.50. The van der Waals surface area contributed by atoms with Crippen LogP contribution in [-0.2, 0) is 6.54 Å². The number of aromatic hydroxyl groups is 1. The van der Waals surface area contributed by atoms with E-state index in [2.05, 4.69) is 20.5 Å². The molecule has 2 aromatic heterocycles. The smallest absolute Gasteiger partial charge is 0.264 e. The normalized spacial score (nSPS) is 23.7. The van der Waals surface area contributed by atoms with Crippen LogP contribution >= 0.6 is 0 Å². The van der Waals surface area contributed by atoms with Gasteiger partial charge in [-0.05, 0) is 31.9 Å². The predicted molar refractivity (Wildman–Crippen MR) is 116 cm³/mol. The van der Waals surface area contributed by atoms with Crippen molar-refractivity contribution in [3.05, 3.63) is 40.7 Å². The van der Waals surface area contributed by atoms with E-state index in [0.29, 0.717) is 18.8 Å². The maximum Gasteiger partial charge on any atom is 0.264 e. The van der Waals surface area contributed by atoms with E-state index in [1.54, 1.807) is 18.9 Å². The summed E-state index contributed by atoms with van der Waals surface area (Å²) in [4.78, 5) is 18.5. The van der Waals surface area contributed by atoms with E-state index in [-0.39, 0.29) is 52.8 Å². The lowest BCUT2D eigenvalue weighted by molar-refractivity contribution is -0.0128. The van der Waals surface area contributed by atoms with E-state index in [0.717, 1.165) is 6.20 Å². The number of hydrogen-bond acceptors (Lipinski definition) is 7. The summed E-state index contributed by atoms with van der Waals surface area (Å²) in [6.45, 7) is 2.02. The number of alkyl halides is 2. The summed E-state index contributed by atoms with van der Waals surface area (Å²) in [7, 11) is 1.76. The van der Waals surface area contributed by atoms with Gasteiger partial charge in [0.2, 0.25) is 0 Å². The van der Waals surface area contributed by atoms with Gasteiger partial charge in [0.05, 0.1) is 23.2 Å². The van der Waals surface area contributed by atoms with Gasteiger partial charge >= 0.3 is 0 Å². The summed E-state index contributed by atoms with van der Waals surface area (Å²) < 4.78 is 43.9. The molecule has 0 radical (unpaired) electrons. The lowest BCUT2D eigenvalue weighted by atomic mass is 9.98. The number of phenolic OH excluding ortho intramolecular Hbond substituents is 1. The Labute approximate surface area is 187 Å². The van der Waals surface area contributed by atoms with Crippen molar-refractivity contribution >= 4 is 16.6 Å². The van der Waals surface area contributed by atoms with E-state index in [9.17, 15) is 23.1 Å². The largest absolute Gasteiger partial charge is 0.507 e. The minimum atomic E-state index is -2.71. The number of halogens is 3. The van der Waals surface area contributed by atoms with Crippen LogP contribution in [0.4, 0.5) is 19.0 Å². The van der Waals surface area contributed by atoms with Crippen molar-refractivity contribution in [3.8, 4) is 17.1 Å². The van der Waals surface area contributed by atoms with Crippen molar-refractivity contribution in [2.75, 3.05) is 11.9 Å². The van der Waals surface area contributed by atoms with Gasteiger partial charge in [-0.25, -0.2) is 18.2 Å². The SMILES string of the molecule is CCn1cc(F)c2cc(-c3ncc(N(C)[C@@H]4CC5CC(F)(F)C(C4)N5)nn3)c(O)cc2c1=O. The van der Waals surface area contributed by atoms with Gasteiger partial charge in [-0.15, -0.1) is 10.2 Å². The first-order valence-corrected chi connectivity index (χ1v) is 10.8. The molecule has 2 aliphatic rings. The molecule has 2 fully saturated rings. The Morgan fingerprint density at radius 3 is 2.73 bits per heavy atom. The number of fused-ring (bicyclic) bond motifs is 3. The van der Waals surface area contributed by atoms with Crippen LogP contribution in [0.2, 0.25) is 0 Å². The third-order valence-electron chi connectivity index (χ3n) is 6.72. The number of aromatic nitrogens is 4. The average molecular weight is 460 g/mol. The second kappa shape index (κ2) is 7.68. The molecule has 5 rings (SSSR count). The Balaban J connectivity index is 1.43. The highest BCUT2D eigenvalue weighted by molar-refractivity contribution is 5.89. The summed E-state index contributed by atoms with van der Waals surface area (Å²) in [6, 6.07) is 1.30. The maximum absolute atomic E-state index is 14.6. The first kappa shape index (κ1) is 21.6. The van der Waals surface area contributed by atoms with Gasteiger partial charge in [0.25, 0.3) is 11.5 Å². The number of pyridine rings is 1. The van der Waals surface area contributed by atoms with Gasteiger partial charge in [0.1, 0.15) is 11.6 Å². The average Bonchev–Trinajstić information content (AvgIpc) is 3.01.